The van der Waals surface area contributed by atoms with Crippen LogP contribution in [0.2, 0.25) is 0 Å². The molecule has 0 saturated carbocycles. The topological polar surface area (TPSA) is 152 Å². The van der Waals surface area contributed by atoms with E-state index in [1.54, 1.807) is 0 Å². The van der Waals surface area contributed by atoms with E-state index in [4.69, 9.17) is 26.3 Å². The van der Waals surface area contributed by atoms with Crippen LogP contribution in [0.5, 0.6) is 0 Å². The molecule has 0 bridgehead atoms. The molecule has 1 aliphatic rings. The van der Waals surface area contributed by atoms with Crippen LogP contribution in [-0.2, 0) is 27.2 Å². The summed E-state index contributed by atoms with van der Waals surface area (Å²) in [6.45, 7) is -0.0879. The second kappa shape index (κ2) is 19.6. The molecule has 0 aromatic rings. The fraction of sp³-hybridized carbons (Fsp3) is 1.00. The Bertz CT molecular complexity index is 398. The van der Waals surface area contributed by atoms with Crippen LogP contribution in [0.1, 0.15) is 0 Å². The molecule has 156 valence electrons. The minimum absolute atomic E-state index is 0. The van der Waals surface area contributed by atoms with Crippen molar-refractivity contribution in [1.29, 1.82) is 1.34 Å². The monoisotopic (exact) mass is 647 g/mol. The first-order chi connectivity index (χ1) is 12.3. The van der Waals surface area contributed by atoms with Gasteiger partial charge in [0.15, 0.2) is 0 Å². The molecule has 1 fully saturated rings. The van der Waals surface area contributed by atoms with Crippen molar-refractivity contribution in [2.75, 3.05) is 67.2 Å². The summed E-state index contributed by atoms with van der Waals surface area (Å²) in [6.07, 6.45) is 0.382. The standard InChI is InChI=1S/C6H15O5P.C5H11O4P.CH4O.BH.U/c1-10-12(9,11-2)5-6(3-7)4-8;1-8-10(7)4-5(2-6)3-9-10;1-2;;/h6-8H,3-5H2,1-2H3;5-6H,2-4H2,1H3;2H,1H3;1H;/i;;;1D;. The molecular formula is C12H31BO10P2U. The zero-order valence-electron chi connectivity index (χ0n) is 16.6. The van der Waals surface area contributed by atoms with Crippen molar-refractivity contribution in [3.05, 3.63) is 0 Å². The SMILES string of the molecule is CO.COP(=O)(CC(CO)CO)OC.COP1(=O)CC(CO)CO1.[2H][B].[U]. The van der Waals surface area contributed by atoms with Crippen molar-refractivity contribution in [2.24, 2.45) is 11.8 Å². The van der Waals surface area contributed by atoms with E-state index in [2.05, 4.69) is 21.9 Å². The average Bonchev–Trinajstić information content (AvgIpc) is 3.11. The van der Waals surface area contributed by atoms with Crippen molar-refractivity contribution < 1.29 is 78.8 Å². The second-order valence-corrected chi connectivity index (χ2v) is 9.24. The van der Waals surface area contributed by atoms with Crippen LogP contribution in [-0.4, -0.2) is 97.3 Å². The Kier molecular flexibility index (Phi) is 24.0. The summed E-state index contributed by atoms with van der Waals surface area (Å²) in [5, 5.41) is 33.0. The van der Waals surface area contributed by atoms with E-state index in [1.165, 1.54) is 21.3 Å². The summed E-state index contributed by atoms with van der Waals surface area (Å²) >= 11 is 0. The van der Waals surface area contributed by atoms with Crippen LogP contribution >= 0.6 is 15.2 Å². The molecule has 14 heteroatoms. The summed E-state index contributed by atoms with van der Waals surface area (Å²) in [5.74, 6) is -0.457. The Labute approximate surface area is 182 Å². The van der Waals surface area contributed by atoms with Crippen molar-refractivity contribution in [2.45, 2.75) is 0 Å². The van der Waals surface area contributed by atoms with Gasteiger partial charge in [-0.1, -0.05) is 0 Å². The molecule has 0 aromatic carbocycles. The largest absolute Gasteiger partial charge is 0.400 e. The Morgan fingerprint density at radius 1 is 1.23 bits per heavy atom. The van der Waals surface area contributed by atoms with Crippen LogP contribution < -0.4 is 0 Å². The van der Waals surface area contributed by atoms with E-state index in [0.29, 0.717) is 12.8 Å². The molecule has 26 heavy (non-hydrogen) atoms. The van der Waals surface area contributed by atoms with Gasteiger partial charge >= 0.3 is 15.2 Å². The van der Waals surface area contributed by atoms with E-state index < -0.39 is 21.1 Å². The Morgan fingerprint density at radius 3 is 1.92 bits per heavy atom. The summed E-state index contributed by atoms with van der Waals surface area (Å²) in [7, 11) is 2.79. The van der Waals surface area contributed by atoms with Gasteiger partial charge in [0.2, 0.25) is 0 Å². The van der Waals surface area contributed by atoms with E-state index in [0.717, 1.165) is 7.11 Å². The molecule has 1 rings (SSSR count). The quantitative estimate of drug-likeness (QED) is 0.201. The van der Waals surface area contributed by atoms with Crippen LogP contribution in [0.4, 0.5) is 0 Å². The summed E-state index contributed by atoms with van der Waals surface area (Å²) in [6, 6.07) is 0. The molecule has 0 amide bonds. The molecule has 4 N–H and O–H groups in total. The van der Waals surface area contributed by atoms with Crippen LogP contribution in [0, 0.1) is 42.9 Å². The third kappa shape index (κ3) is 14.3. The van der Waals surface area contributed by atoms with Crippen molar-refractivity contribution in [1.82, 2.24) is 0 Å². The first kappa shape index (κ1) is 31.9. The third-order valence-electron chi connectivity index (χ3n) is 3.08. The van der Waals surface area contributed by atoms with Gasteiger partial charge in [0.1, 0.15) is 0 Å². The van der Waals surface area contributed by atoms with Gasteiger partial charge < -0.3 is 38.5 Å². The maximum Gasteiger partial charge on any atom is 0.330 e. The third-order valence-corrected chi connectivity index (χ3v) is 7.22. The zero-order chi connectivity index (χ0) is 21.2. The molecular weight excluding hydrogens is 615 g/mol. The van der Waals surface area contributed by atoms with Gasteiger partial charge in [-0.25, -0.2) is 0 Å². The van der Waals surface area contributed by atoms with Gasteiger partial charge in [0.25, 0.3) is 0 Å². The maximum absolute atomic E-state index is 11.4. The molecule has 1 saturated heterocycles. The van der Waals surface area contributed by atoms with Crippen molar-refractivity contribution in [3.8, 4) is 0 Å². The van der Waals surface area contributed by atoms with Gasteiger partial charge in [0, 0.05) is 99.6 Å². The molecule has 0 aliphatic carbocycles. The van der Waals surface area contributed by atoms with Gasteiger partial charge in [0.05, 0.1) is 18.9 Å². The predicted octanol–water partition coefficient (Wildman–Crippen LogP) is -0.502. The molecule has 10 nitrogen and oxygen atoms in total. The molecule has 2 radical (unpaired) electrons. The van der Waals surface area contributed by atoms with Gasteiger partial charge in [-0.2, -0.15) is 0 Å². The molecule has 0 aromatic heterocycles. The second-order valence-electron chi connectivity index (χ2n) is 4.71. The summed E-state index contributed by atoms with van der Waals surface area (Å²) in [5.41, 5.74) is 0. The minimum Gasteiger partial charge on any atom is -0.400 e. The normalized spacial score (nSPS) is 21.7. The molecule has 2 atom stereocenters. The number of rotatable bonds is 8. The molecule has 2 unspecified atom stereocenters. The van der Waals surface area contributed by atoms with E-state index >= 15 is 0 Å². The smallest absolute Gasteiger partial charge is 0.330 e. The summed E-state index contributed by atoms with van der Waals surface area (Å²) < 4.78 is 46.6. The van der Waals surface area contributed by atoms with Crippen LogP contribution in [0.15, 0.2) is 0 Å². The molecule has 1 heterocycles. The number of aliphatic hydroxyl groups excluding tert-OH is 4. The Morgan fingerprint density at radius 2 is 1.69 bits per heavy atom. The van der Waals surface area contributed by atoms with Crippen LogP contribution in [0.3, 0.4) is 0 Å². The number of hydrogen-bond donors (Lipinski definition) is 4. The van der Waals surface area contributed by atoms with Crippen molar-refractivity contribution >= 4 is 23.6 Å². The first-order valence-corrected chi connectivity index (χ1v) is 10.5. The number of hydrogen-bond acceptors (Lipinski definition) is 10. The van der Waals surface area contributed by atoms with Crippen molar-refractivity contribution in [3.63, 3.8) is 0 Å². The van der Waals surface area contributed by atoms with Gasteiger partial charge in [-0.15, -0.1) is 0 Å². The van der Waals surface area contributed by atoms with E-state index in [1.807, 2.05) is 0 Å². The Balaban J connectivity index is -0.000000161. The zero-order valence-corrected chi connectivity index (χ0v) is 21.6. The van der Waals surface area contributed by atoms with Gasteiger partial charge in [-0.05, 0) is 1.34 Å². The summed E-state index contributed by atoms with van der Waals surface area (Å²) in [4.78, 5) is 0. The fourth-order valence-corrected chi connectivity index (χ4v) is 4.55. The number of aliphatic hydroxyl groups is 4. The predicted molar refractivity (Wildman–Crippen MR) is 95.5 cm³/mol. The average molecular weight is 647 g/mol. The van der Waals surface area contributed by atoms with E-state index in [9.17, 15) is 9.13 Å². The van der Waals surface area contributed by atoms with Gasteiger partial charge in [-0.3, -0.25) is 9.13 Å². The maximum atomic E-state index is 11.4. The molecule has 1 aliphatic heterocycles. The molecule has 0 spiro atoms. The van der Waals surface area contributed by atoms with E-state index in [-0.39, 0.29) is 63.0 Å². The first-order valence-electron chi connectivity index (χ1n) is 7.66. The fourth-order valence-electron chi connectivity index (χ4n) is 1.59. The Hall–Kier alpha value is 1.26. The van der Waals surface area contributed by atoms with Crippen LogP contribution in [0.25, 0.3) is 0 Å². The minimum atomic E-state index is -3.09.